The van der Waals surface area contributed by atoms with Gasteiger partial charge >= 0.3 is 0 Å². The zero-order valence-corrected chi connectivity index (χ0v) is 15.4. The minimum absolute atomic E-state index is 0.544. The van der Waals surface area contributed by atoms with E-state index in [-0.39, 0.29) is 0 Å². The van der Waals surface area contributed by atoms with Crippen molar-refractivity contribution in [1.29, 1.82) is 0 Å². The normalized spacial score (nSPS) is 11.3. The zero-order valence-electron chi connectivity index (χ0n) is 13.9. The summed E-state index contributed by atoms with van der Waals surface area (Å²) < 4.78 is 1.86. The number of nitrogens with one attached hydrogen (secondary N) is 2. The van der Waals surface area contributed by atoms with E-state index >= 15 is 0 Å². The Balaban J connectivity index is 1.50. The van der Waals surface area contributed by atoms with Gasteiger partial charge in [0.15, 0.2) is 5.13 Å². The summed E-state index contributed by atoms with van der Waals surface area (Å²) in [6.07, 6.45) is 4.49. The van der Waals surface area contributed by atoms with Crippen molar-refractivity contribution in [3.8, 4) is 0 Å². The average molecular weight is 373 g/mol. The summed E-state index contributed by atoms with van der Waals surface area (Å²) in [5.41, 5.74) is 4.17. The molecule has 4 heterocycles. The van der Waals surface area contributed by atoms with Gasteiger partial charge in [0.05, 0.1) is 17.1 Å². The van der Waals surface area contributed by atoms with E-state index in [4.69, 9.17) is 11.6 Å². The lowest BCUT2D eigenvalue weighted by molar-refractivity contribution is 0.724. The lowest BCUT2D eigenvalue weighted by Crippen LogP contribution is -2.00. The van der Waals surface area contributed by atoms with Crippen LogP contribution in [0.2, 0.25) is 5.15 Å². The molecule has 0 radical (unpaired) electrons. The molecule has 4 aromatic heterocycles. The number of fused-ring (bicyclic) bond motifs is 1. The first-order chi connectivity index (χ1) is 12.1. The van der Waals surface area contributed by atoms with Crippen LogP contribution >= 0.6 is 22.9 Å². The van der Waals surface area contributed by atoms with E-state index in [9.17, 15) is 0 Å². The molecule has 0 aliphatic carbocycles. The minimum Gasteiger partial charge on any atom is -0.356 e. The highest BCUT2D eigenvalue weighted by atomic mass is 35.5. The molecular weight excluding hydrogens is 356 g/mol. The monoisotopic (exact) mass is 372 g/mol. The largest absolute Gasteiger partial charge is 0.356 e. The molecule has 0 saturated carbocycles. The summed E-state index contributed by atoms with van der Waals surface area (Å²) in [5.74, 6) is 0. The first-order valence-electron chi connectivity index (χ1n) is 7.89. The highest BCUT2D eigenvalue weighted by Gasteiger charge is 2.13. The van der Waals surface area contributed by atoms with E-state index in [0.717, 1.165) is 38.9 Å². The fourth-order valence-corrected chi connectivity index (χ4v) is 3.93. The van der Waals surface area contributed by atoms with Crippen LogP contribution in [0.1, 0.15) is 21.8 Å². The number of thiazole rings is 1. The van der Waals surface area contributed by atoms with Gasteiger partial charge in [0.25, 0.3) is 0 Å². The smallest absolute Gasteiger partial charge is 0.184 e. The molecular formula is C17H17ClN6S. The van der Waals surface area contributed by atoms with Gasteiger partial charge in [-0.2, -0.15) is 5.10 Å². The van der Waals surface area contributed by atoms with E-state index in [1.54, 1.807) is 17.5 Å². The zero-order chi connectivity index (χ0) is 17.4. The number of anilines is 1. The topological polar surface area (TPSA) is 71.4 Å². The Morgan fingerprint density at radius 2 is 2.28 bits per heavy atom. The predicted octanol–water partition coefficient (Wildman–Crippen LogP) is 3.92. The second-order valence-electron chi connectivity index (χ2n) is 5.88. The molecule has 0 unspecified atom stereocenters. The molecule has 0 atom stereocenters. The number of aromatic amines is 1. The number of aromatic nitrogens is 5. The summed E-state index contributed by atoms with van der Waals surface area (Å²) in [6.45, 7) is 2.66. The number of aryl methyl sites for hydroxylation is 2. The molecule has 6 nitrogen and oxygen atoms in total. The molecule has 4 aromatic rings. The molecule has 8 heteroatoms. The summed E-state index contributed by atoms with van der Waals surface area (Å²) in [4.78, 5) is 13.0. The summed E-state index contributed by atoms with van der Waals surface area (Å²) in [7, 11) is 1.94. The molecule has 4 rings (SSSR count). The molecule has 0 bridgehead atoms. The van der Waals surface area contributed by atoms with E-state index in [2.05, 4.69) is 37.5 Å². The van der Waals surface area contributed by atoms with Gasteiger partial charge in [-0.25, -0.2) is 9.97 Å². The Kier molecular flexibility index (Phi) is 4.19. The third kappa shape index (κ3) is 3.25. The minimum atomic E-state index is 0.544. The molecule has 0 saturated heterocycles. The number of rotatable bonds is 5. The Hall–Kier alpha value is -2.38. The van der Waals surface area contributed by atoms with Crippen molar-refractivity contribution in [2.45, 2.75) is 19.9 Å². The first-order valence-corrected chi connectivity index (χ1v) is 9.09. The summed E-state index contributed by atoms with van der Waals surface area (Å²) in [6, 6.07) is 6.06. The number of nitrogens with zero attached hydrogens (tertiary/aromatic N) is 4. The molecule has 0 aliphatic heterocycles. The standard InChI is InChI=1S/C17H17ClN6S/c1-10-6-12(23-24(10)2)9-21-17-22-15(18)14(25-17)7-11-8-20-16-13(11)4-3-5-19-16/h3-6,8H,7,9H2,1-2H3,(H,19,20)(H,21,22). The Morgan fingerprint density at radius 3 is 3.08 bits per heavy atom. The van der Waals surface area contributed by atoms with E-state index in [1.165, 1.54) is 5.56 Å². The van der Waals surface area contributed by atoms with Crippen LogP contribution < -0.4 is 5.32 Å². The van der Waals surface area contributed by atoms with Crippen LogP contribution in [0.4, 0.5) is 5.13 Å². The van der Waals surface area contributed by atoms with Gasteiger partial charge < -0.3 is 10.3 Å². The van der Waals surface area contributed by atoms with Gasteiger partial charge in [-0.3, -0.25) is 4.68 Å². The fraction of sp³-hybridized carbons (Fsp3) is 0.235. The van der Waals surface area contributed by atoms with Gasteiger partial charge in [0.2, 0.25) is 0 Å². The Labute approximate surface area is 153 Å². The molecule has 0 aromatic carbocycles. The van der Waals surface area contributed by atoms with Crippen LogP contribution in [0.5, 0.6) is 0 Å². The van der Waals surface area contributed by atoms with Crippen LogP contribution in [0.25, 0.3) is 11.0 Å². The van der Waals surface area contributed by atoms with Crippen molar-refractivity contribution >= 4 is 39.1 Å². The number of halogens is 1. The third-order valence-electron chi connectivity index (χ3n) is 4.12. The van der Waals surface area contributed by atoms with Gasteiger partial charge in [-0.05, 0) is 30.7 Å². The quantitative estimate of drug-likeness (QED) is 0.557. The average Bonchev–Trinajstić information content (AvgIpc) is 3.26. The van der Waals surface area contributed by atoms with Crippen molar-refractivity contribution in [2.24, 2.45) is 7.05 Å². The molecule has 0 amide bonds. The van der Waals surface area contributed by atoms with Crippen molar-refractivity contribution in [3.63, 3.8) is 0 Å². The number of hydrogen-bond acceptors (Lipinski definition) is 5. The number of pyridine rings is 1. The molecule has 0 fully saturated rings. The fourth-order valence-electron chi connectivity index (χ4n) is 2.74. The highest BCUT2D eigenvalue weighted by molar-refractivity contribution is 7.16. The second-order valence-corrected chi connectivity index (χ2v) is 7.32. The summed E-state index contributed by atoms with van der Waals surface area (Å²) in [5, 5.41) is 10.2. The van der Waals surface area contributed by atoms with Gasteiger partial charge in [-0.15, -0.1) is 11.3 Å². The first kappa shape index (κ1) is 16.1. The van der Waals surface area contributed by atoms with Crippen molar-refractivity contribution in [1.82, 2.24) is 24.7 Å². The SMILES string of the molecule is Cc1cc(CNc2nc(Cl)c(Cc3c[nH]c4ncccc34)s2)nn1C. The third-order valence-corrected chi connectivity index (χ3v) is 5.56. The summed E-state index contributed by atoms with van der Waals surface area (Å²) >= 11 is 7.91. The predicted molar refractivity (Wildman–Crippen MR) is 101 cm³/mol. The molecule has 128 valence electrons. The van der Waals surface area contributed by atoms with E-state index in [0.29, 0.717) is 11.7 Å². The molecule has 0 aliphatic rings. The molecule has 0 spiro atoms. The van der Waals surface area contributed by atoms with Crippen LogP contribution in [0.3, 0.4) is 0 Å². The van der Waals surface area contributed by atoms with Crippen molar-refractivity contribution in [3.05, 3.63) is 57.6 Å². The van der Waals surface area contributed by atoms with Crippen LogP contribution in [-0.4, -0.2) is 24.7 Å². The van der Waals surface area contributed by atoms with E-state index < -0.39 is 0 Å². The van der Waals surface area contributed by atoms with Gasteiger partial charge in [-0.1, -0.05) is 11.6 Å². The Morgan fingerprint density at radius 1 is 1.40 bits per heavy atom. The van der Waals surface area contributed by atoms with Crippen molar-refractivity contribution in [2.75, 3.05) is 5.32 Å². The van der Waals surface area contributed by atoms with E-state index in [1.807, 2.05) is 30.9 Å². The Bertz CT molecular complexity index is 1010. The molecule has 2 N–H and O–H groups in total. The van der Waals surface area contributed by atoms with Crippen LogP contribution in [0.15, 0.2) is 30.6 Å². The van der Waals surface area contributed by atoms with Gasteiger partial charge in [0.1, 0.15) is 10.8 Å². The maximum Gasteiger partial charge on any atom is 0.184 e. The maximum atomic E-state index is 6.34. The number of H-pyrrole nitrogens is 1. The van der Waals surface area contributed by atoms with Crippen LogP contribution in [0, 0.1) is 6.92 Å². The second kappa shape index (κ2) is 6.50. The highest BCUT2D eigenvalue weighted by Crippen LogP contribution is 2.31. The van der Waals surface area contributed by atoms with Crippen LogP contribution in [-0.2, 0) is 20.0 Å². The van der Waals surface area contributed by atoms with Gasteiger partial charge in [0, 0.05) is 36.9 Å². The molecule has 25 heavy (non-hydrogen) atoms. The lowest BCUT2D eigenvalue weighted by Gasteiger charge is -1.98. The lowest BCUT2D eigenvalue weighted by atomic mass is 10.1. The number of hydrogen-bond donors (Lipinski definition) is 2. The maximum absolute atomic E-state index is 6.34. The van der Waals surface area contributed by atoms with Crippen molar-refractivity contribution < 1.29 is 0 Å².